The molecule has 90 valence electrons. The van der Waals surface area contributed by atoms with Gasteiger partial charge in [-0.15, -0.1) is 5.10 Å². The number of hydrogen-bond acceptors (Lipinski definition) is 5. The minimum atomic E-state index is 0.211. The number of aromatic nitrogens is 3. The number of benzene rings is 1. The van der Waals surface area contributed by atoms with Gasteiger partial charge in [-0.2, -0.15) is 9.50 Å². The van der Waals surface area contributed by atoms with Crippen LogP contribution in [-0.4, -0.2) is 14.6 Å². The van der Waals surface area contributed by atoms with E-state index in [0.29, 0.717) is 23.0 Å². The topological polar surface area (TPSA) is 91.5 Å². The molecule has 0 atom stereocenters. The van der Waals surface area contributed by atoms with Gasteiger partial charge in [0.25, 0.3) is 0 Å². The van der Waals surface area contributed by atoms with Crippen LogP contribution in [0.15, 0.2) is 42.5 Å². The van der Waals surface area contributed by atoms with Gasteiger partial charge in [0.05, 0.1) is 0 Å². The molecule has 2 aromatic heterocycles. The smallest absolute Gasteiger partial charge is 0.240 e. The van der Waals surface area contributed by atoms with Gasteiger partial charge in [-0.05, 0) is 30.3 Å². The summed E-state index contributed by atoms with van der Waals surface area (Å²) in [5.41, 5.74) is 12.5. The maximum Gasteiger partial charge on any atom is 0.240 e. The molecular formula is C12H11N5O. The van der Waals surface area contributed by atoms with Crippen molar-refractivity contribution in [2.24, 2.45) is 0 Å². The fourth-order valence-corrected chi connectivity index (χ4v) is 1.63. The van der Waals surface area contributed by atoms with Crippen molar-refractivity contribution >= 4 is 17.3 Å². The van der Waals surface area contributed by atoms with Gasteiger partial charge in [-0.1, -0.05) is 6.07 Å². The Morgan fingerprint density at radius 3 is 2.56 bits per heavy atom. The lowest BCUT2D eigenvalue weighted by molar-refractivity contribution is 0.448. The number of anilines is 2. The molecule has 0 amide bonds. The number of nitrogen functional groups attached to an aromatic ring is 2. The Morgan fingerprint density at radius 2 is 1.78 bits per heavy atom. The third-order valence-corrected chi connectivity index (χ3v) is 2.44. The molecule has 0 unspecified atom stereocenters. The predicted molar refractivity (Wildman–Crippen MR) is 68.3 cm³/mol. The van der Waals surface area contributed by atoms with Crippen LogP contribution < -0.4 is 16.2 Å². The second kappa shape index (κ2) is 3.92. The summed E-state index contributed by atoms with van der Waals surface area (Å²) in [5.74, 6) is 1.43. The van der Waals surface area contributed by atoms with Crippen molar-refractivity contribution in [3.63, 3.8) is 0 Å². The van der Waals surface area contributed by atoms with Gasteiger partial charge in [-0.25, -0.2) is 0 Å². The van der Waals surface area contributed by atoms with Crippen LogP contribution in [0.2, 0.25) is 0 Å². The molecule has 4 N–H and O–H groups in total. The normalized spacial score (nSPS) is 10.7. The number of rotatable bonds is 2. The van der Waals surface area contributed by atoms with Crippen molar-refractivity contribution in [1.29, 1.82) is 0 Å². The molecule has 0 saturated carbocycles. The maximum atomic E-state index is 5.71. The summed E-state index contributed by atoms with van der Waals surface area (Å²) in [5, 5.41) is 4.06. The number of hydrogen-bond donors (Lipinski definition) is 2. The second-order valence-electron chi connectivity index (χ2n) is 3.78. The molecule has 6 nitrogen and oxygen atoms in total. The van der Waals surface area contributed by atoms with E-state index in [9.17, 15) is 0 Å². The van der Waals surface area contributed by atoms with Gasteiger partial charge in [0, 0.05) is 11.8 Å². The predicted octanol–water partition coefficient (Wildman–Crippen LogP) is 1.69. The quantitative estimate of drug-likeness (QED) is 0.666. The summed E-state index contributed by atoms with van der Waals surface area (Å²) >= 11 is 0. The molecule has 3 aromatic rings. The van der Waals surface area contributed by atoms with E-state index in [1.807, 2.05) is 6.07 Å². The number of ether oxygens (including phenoxy) is 1. The fraction of sp³-hybridized carbons (Fsp3) is 0. The van der Waals surface area contributed by atoms with Crippen LogP contribution in [0.5, 0.6) is 11.6 Å². The summed E-state index contributed by atoms with van der Waals surface area (Å²) in [7, 11) is 0. The largest absolute Gasteiger partial charge is 0.439 e. The number of fused-ring (bicyclic) bond motifs is 1. The summed E-state index contributed by atoms with van der Waals surface area (Å²) in [6, 6.07) is 12.5. The number of pyridine rings is 1. The molecule has 0 bridgehead atoms. The maximum absolute atomic E-state index is 5.71. The molecule has 0 aliphatic carbocycles. The van der Waals surface area contributed by atoms with Crippen LogP contribution in [0.1, 0.15) is 0 Å². The second-order valence-corrected chi connectivity index (χ2v) is 3.78. The Hall–Kier alpha value is -2.76. The molecule has 2 heterocycles. The molecule has 1 aromatic carbocycles. The molecule has 0 fully saturated rings. The zero-order valence-corrected chi connectivity index (χ0v) is 9.45. The van der Waals surface area contributed by atoms with E-state index in [2.05, 4.69) is 10.1 Å². The third-order valence-electron chi connectivity index (χ3n) is 2.44. The molecular weight excluding hydrogens is 230 g/mol. The van der Waals surface area contributed by atoms with E-state index in [4.69, 9.17) is 16.2 Å². The highest BCUT2D eigenvalue weighted by Crippen LogP contribution is 2.22. The number of nitrogens with zero attached hydrogens (tertiary/aromatic N) is 3. The minimum Gasteiger partial charge on any atom is -0.439 e. The van der Waals surface area contributed by atoms with Crippen LogP contribution in [0.3, 0.4) is 0 Å². The van der Waals surface area contributed by atoms with Crippen LogP contribution >= 0.6 is 0 Å². The van der Waals surface area contributed by atoms with E-state index in [0.717, 1.165) is 0 Å². The van der Waals surface area contributed by atoms with Gasteiger partial charge >= 0.3 is 0 Å². The minimum absolute atomic E-state index is 0.211. The molecule has 0 aliphatic heterocycles. The molecule has 3 rings (SSSR count). The first-order valence-electron chi connectivity index (χ1n) is 5.37. The lowest BCUT2D eigenvalue weighted by Crippen LogP contribution is -1.96. The monoisotopic (exact) mass is 241 g/mol. The fourth-order valence-electron chi connectivity index (χ4n) is 1.63. The Balaban J connectivity index is 2.01. The first-order valence-corrected chi connectivity index (χ1v) is 5.37. The average Bonchev–Trinajstić information content (AvgIpc) is 2.73. The lowest BCUT2D eigenvalue weighted by atomic mass is 10.3. The van der Waals surface area contributed by atoms with Gasteiger partial charge in [0.1, 0.15) is 5.75 Å². The van der Waals surface area contributed by atoms with Crippen LogP contribution in [-0.2, 0) is 0 Å². The average molecular weight is 241 g/mol. The molecule has 0 aliphatic rings. The first-order chi connectivity index (χ1) is 8.72. The Labute approximate surface area is 103 Å². The van der Waals surface area contributed by atoms with Crippen molar-refractivity contribution < 1.29 is 4.74 Å². The molecule has 0 saturated heterocycles. The van der Waals surface area contributed by atoms with E-state index in [-0.39, 0.29) is 5.95 Å². The highest BCUT2D eigenvalue weighted by Gasteiger charge is 2.06. The molecule has 0 radical (unpaired) electrons. The van der Waals surface area contributed by atoms with Crippen molar-refractivity contribution in [2.75, 3.05) is 11.5 Å². The Kier molecular flexibility index (Phi) is 2.26. The van der Waals surface area contributed by atoms with E-state index in [1.54, 1.807) is 40.9 Å². The van der Waals surface area contributed by atoms with E-state index in [1.165, 1.54) is 0 Å². The Morgan fingerprint density at radius 1 is 1.00 bits per heavy atom. The van der Waals surface area contributed by atoms with Crippen molar-refractivity contribution in [2.45, 2.75) is 0 Å². The van der Waals surface area contributed by atoms with E-state index < -0.39 is 0 Å². The van der Waals surface area contributed by atoms with Gasteiger partial charge < -0.3 is 16.2 Å². The van der Waals surface area contributed by atoms with Crippen LogP contribution in [0.4, 0.5) is 11.6 Å². The highest BCUT2D eigenvalue weighted by molar-refractivity contribution is 5.46. The third kappa shape index (κ3) is 1.80. The summed E-state index contributed by atoms with van der Waals surface area (Å²) in [4.78, 5) is 4.06. The first kappa shape index (κ1) is 10.4. The van der Waals surface area contributed by atoms with Gasteiger partial charge in [0.2, 0.25) is 11.8 Å². The highest BCUT2D eigenvalue weighted by atomic mass is 16.5. The molecule has 18 heavy (non-hydrogen) atoms. The van der Waals surface area contributed by atoms with E-state index >= 15 is 0 Å². The van der Waals surface area contributed by atoms with Gasteiger partial charge in [0.15, 0.2) is 5.65 Å². The standard InChI is InChI=1S/C12H11N5O/c13-8-4-6-9(7-5-8)18-11-3-1-2-10-15-12(14)16-17(10)11/h1-7H,13H2,(H2,14,16). The SMILES string of the molecule is Nc1ccc(Oc2cccc3nc(N)nn23)cc1. The summed E-state index contributed by atoms with van der Waals surface area (Å²) < 4.78 is 7.26. The van der Waals surface area contributed by atoms with Crippen LogP contribution in [0.25, 0.3) is 5.65 Å². The van der Waals surface area contributed by atoms with Crippen molar-refractivity contribution in [1.82, 2.24) is 14.6 Å². The summed E-state index contributed by atoms with van der Waals surface area (Å²) in [6.45, 7) is 0. The van der Waals surface area contributed by atoms with Crippen LogP contribution in [0, 0.1) is 0 Å². The zero-order chi connectivity index (χ0) is 12.5. The summed E-state index contributed by atoms with van der Waals surface area (Å²) in [6.07, 6.45) is 0. The Bertz CT molecular complexity index is 689. The van der Waals surface area contributed by atoms with Gasteiger partial charge in [-0.3, -0.25) is 0 Å². The lowest BCUT2D eigenvalue weighted by Gasteiger charge is -2.06. The molecule has 0 spiro atoms. The molecule has 6 heteroatoms. The number of nitrogens with two attached hydrogens (primary N) is 2. The zero-order valence-electron chi connectivity index (χ0n) is 9.45. The van der Waals surface area contributed by atoms with Crippen molar-refractivity contribution in [3.05, 3.63) is 42.5 Å². The van der Waals surface area contributed by atoms with Crippen molar-refractivity contribution in [3.8, 4) is 11.6 Å².